The van der Waals surface area contributed by atoms with Crippen LogP contribution in [0.1, 0.15) is 24.0 Å². The third kappa shape index (κ3) is 3.21. The van der Waals surface area contributed by atoms with Gasteiger partial charge in [-0.2, -0.15) is 0 Å². The van der Waals surface area contributed by atoms with E-state index >= 15 is 0 Å². The second-order valence-electron chi connectivity index (χ2n) is 6.61. The first-order valence-corrected chi connectivity index (χ1v) is 8.81. The van der Waals surface area contributed by atoms with E-state index in [9.17, 15) is 0 Å². The topological polar surface area (TPSA) is 3.24 Å². The minimum absolute atomic E-state index is 0.522. The number of rotatable bonds is 4. The Morgan fingerprint density at radius 2 is 1.58 bits per heavy atom. The summed E-state index contributed by atoms with van der Waals surface area (Å²) < 4.78 is 0. The standard InChI is InChI=1S/C23H23N/c1-3-9-19(10-4-1)17-22-16-15-21-13-7-8-14-23(21)24(22)18-20-11-5-2-6-12-20/h1-12,14-15,22H,13,16-18H2. The molecule has 4 rings (SSSR count). The van der Waals surface area contributed by atoms with E-state index in [1.165, 1.54) is 22.4 Å². The highest BCUT2D eigenvalue weighted by molar-refractivity contribution is 5.41. The number of fused-ring (bicyclic) bond motifs is 1. The van der Waals surface area contributed by atoms with E-state index in [1.54, 1.807) is 0 Å². The van der Waals surface area contributed by atoms with Crippen molar-refractivity contribution in [2.45, 2.75) is 31.8 Å². The molecule has 1 nitrogen and oxygen atoms in total. The maximum atomic E-state index is 2.61. The largest absolute Gasteiger partial charge is 0.363 e. The number of hydrogen-bond donors (Lipinski definition) is 0. The van der Waals surface area contributed by atoms with E-state index in [-0.39, 0.29) is 0 Å². The van der Waals surface area contributed by atoms with Gasteiger partial charge in [-0.25, -0.2) is 0 Å². The number of hydrogen-bond acceptors (Lipinski definition) is 1. The van der Waals surface area contributed by atoms with Crippen LogP contribution in [0.2, 0.25) is 0 Å². The first-order chi connectivity index (χ1) is 11.9. The van der Waals surface area contributed by atoms with Crippen molar-refractivity contribution in [3.8, 4) is 0 Å². The Kier molecular flexibility index (Phi) is 4.33. The average Bonchev–Trinajstić information content (AvgIpc) is 2.65. The van der Waals surface area contributed by atoms with Crippen LogP contribution in [0.3, 0.4) is 0 Å². The molecule has 0 saturated heterocycles. The van der Waals surface area contributed by atoms with E-state index in [2.05, 4.69) is 89.9 Å². The molecule has 2 aromatic carbocycles. The maximum Gasteiger partial charge on any atom is 0.0432 e. The fraction of sp³-hybridized carbons (Fsp3) is 0.217. The molecular formula is C23H23N. The van der Waals surface area contributed by atoms with Crippen LogP contribution < -0.4 is 0 Å². The second-order valence-corrected chi connectivity index (χ2v) is 6.61. The van der Waals surface area contributed by atoms with Gasteiger partial charge < -0.3 is 4.90 Å². The van der Waals surface area contributed by atoms with E-state index < -0.39 is 0 Å². The summed E-state index contributed by atoms with van der Waals surface area (Å²) in [6, 6.07) is 22.2. The molecule has 0 spiro atoms. The smallest absolute Gasteiger partial charge is 0.0432 e. The highest BCUT2D eigenvalue weighted by atomic mass is 15.2. The summed E-state index contributed by atoms with van der Waals surface area (Å²) in [7, 11) is 0. The van der Waals surface area contributed by atoms with Crippen molar-refractivity contribution in [2.24, 2.45) is 0 Å². The summed E-state index contributed by atoms with van der Waals surface area (Å²) in [6.45, 7) is 0.982. The molecule has 0 fully saturated rings. The van der Waals surface area contributed by atoms with Crippen LogP contribution in [0.5, 0.6) is 0 Å². The monoisotopic (exact) mass is 313 g/mol. The molecule has 1 unspecified atom stereocenters. The molecule has 2 aliphatic rings. The van der Waals surface area contributed by atoms with Gasteiger partial charge in [0, 0.05) is 18.3 Å². The van der Waals surface area contributed by atoms with E-state index in [1.807, 2.05) is 0 Å². The van der Waals surface area contributed by atoms with E-state index in [4.69, 9.17) is 0 Å². The van der Waals surface area contributed by atoms with Gasteiger partial charge >= 0.3 is 0 Å². The molecule has 24 heavy (non-hydrogen) atoms. The van der Waals surface area contributed by atoms with Crippen LogP contribution in [-0.4, -0.2) is 10.9 Å². The van der Waals surface area contributed by atoms with Gasteiger partial charge in [0.15, 0.2) is 0 Å². The lowest BCUT2D eigenvalue weighted by molar-refractivity contribution is 0.236. The highest BCUT2D eigenvalue weighted by Crippen LogP contribution is 2.33. The van der Waals surface area contributed by atoms with Gasteiger partial charge in [0.2, 0.25) is 0 Å². The number of nitrogens with zero attached hydrogens (tertiary/aromatic N) is 1. The lowest BCUT2D eigenvalue weighted by Crippen LogP contribution is -2.39. The van der Waals surface area contributed by atoms with Gasteiger partial charge in [0.25, 0.3) is 0 Å². The molecule has 0 amide bonds. The minimum atomic E-state index is 0.522. The van der Waals surface area contributed by atoms with Crippen LogP contribution in [0.25, 0.3) is 0 Å². The van der Waals surface area contributed by atoms with E-state index in [0.29, 0.717) is 6.04 Å². The molecule has 0 N–H and O–H groups in total. The molecule has 1 aliphatic carbocycles. The zero-order valence-corrected chi connectivity index (χ0v) is 13.9. The molecule has 0 saturated carbocycles. The maximum absolute atomic E-state index is 2.61. The molecule has 120 valence electrons. The first-order valence-electron chi connectivity index (χ1n) is 8.81. The molecule has 1 aliphatic heterocycles. The summed E-state index contributed by atoms with van der Waals surface area (Å²) in [5.41, 5.74) is 5.70. The summed E-state index contributed by atoms with van der Waals surface area (Å²) in [5.74, 6) is 0. The minimum Gasteiger partial charge on any atom is -0.363 e. The molecule has 0 radical (unpaired) electrons. The Bertz CT molecular complexity index is 768. The van der Waals surface area contributed by atoms with Crippen LogP contribution in [0, 0.1) is 0 Å². The van der Waals surface area contributed by atoms with Crippen LogP contribution in [-0.2, 0) is 13.0 Å². The van der Waals surface area contributed by atoms with Gasteiger partial charge in [0.1, 0.15) is 0 Å². The molecular weight excluding hydrogens is 290 g/mol. The lowest BCUT2D eigenvalue weighted by Gasteiger charge is -2.40. The summed E-state index contributed by atoms with van der Waals surface area (Å²) in [5, 5.41) is 0. The Balaban J connectivity index is 1.64. The third-order valence-electron chi connectivity index (χ3n) is 4.95. The molecule has 1 heteroatoms. The normalized spacial score (nSPS) is 19.5. The number of benzene rings is 2. The van der Waals surface area contributed by atoms with Gasteiger partial charge in [-0.05, 0) is 42.0 Å². The first kappa shape index (κ1) is 15.0. The Hall–Kier alpha value is -2.54. The lowest BCUT2D eigenvalue weighted by atomic mass is 9.90. The van der Waals surface area contributed by atoms with Gasteiger partial charge in [-0.1, -0.05) is 78.9 Å². The van der Waals surface area contributed by atoms with Crippen LogP contribution in [0.15, 0.2) is 96.2 Å². The van der Waals surface area contributed by atoms with Crippen molar-refractivity contribution in [3.05, 3.63) is 107 Å². The quantitative estimate of drug-likeness (QED) is 0.743. The summed E-state index contributed by atoms with van der Waals surface area (Å²) >= 11 is 0. The fourth-order valence-corrected chi connectivity index (χ4v) is 3.71. The predicted molar refractivity (Wildman–Crippen MR) is 100 cm³/mol. The zero-order valence-electron chi connectivity index (χ0n) is 13.9. The van der Waals surface area contributed by atoms with Gasteiger partial charge in [0.05, 0.1) is 0 Å². The van der Waals surface area contributed by atoms with E-state index in [0.717, 1.165) is 25.8 Å². The van der Waals surface area contributed by atoms with Crippen molar-refractivity contribution in [2.75, 3.05) is 0 Å². The Labute approximate surface area is 144 Å². The molecule has 0 aromatic heterocycles. The molecule has 1 atom stereocenters. The molecule has 1 heterocycles. The summed E-state index contributed by atoms with van der Waals surface area (Å²) in [4.78, 5) is 2.61. The second kappa shape index (κ2) is 6.92. The Morgan fingerprint density at radius 3 is 2.33 bits per heavy atom. The van der Waals surface area contributed by atoms with Gasteiger partial charge in [-0.3, -0.25) is 0 Å². The van der Waals surface area contributed by atoms with Crippen molar-refractivity contribution >= 4 is 0 Å². The highest BCUT2D eigenvalue weighted by Gasteiger charge is 2.27. The van der Waals surface area contributed by atoms with Crippen molar-refractivity contribution in [3.63, 3.8) is 0 Å². The van der Waals surface area contributed by atoms with Crippen LogP contribution in [0.4, 0.5) is 0 Å². The van der Waals surface area contributed by atoms with Crippen molar-refractivity contribution < 1.29 is 0 Å². The average molecular weight is 313 g/mol. The van der Waals surface area contributed by atoms with Crippen molar-refractivity contribution in [1.29, 1.82) is 0 Å². The molecule has 0 bridgehead atoms. The van der Waals surface area contributed by atoms with Crippen LogP contribution >= 0.6 is 0 Å². The third-order valence-corrected chi connectivity index (χ3v) is 4.95. The Morgan fingerprint density at radius 1 is 0.875 bits per heavy atom. The fourth-order valence-electron chi connectivity index (χ4n) is 3.71. The predicted octanol–water partition coefficient (Wildman–Crippen LogP) is 5.27. The van der Waals surface area contributed by atoms with Gasteiger partial charge in [-0.15, -0.1) is 0 Å². The summed E-state index contributed by atoms with van der Waals surface area (Å²) in [6.07, 6.45) is 12.5. The van der Waals surface area contributed by atoms with Crippen molar-refractivity contribution in [1.82, 2.24) is 4.90 Å². The zero-order chi connectivity index (χ0) is 16.2. The SMILES string of the molecule is C1=CCC2=CCC(Cc3ccccc3)N(Cc3ccccc3)C2=C1. The number of allylic oxidation sites excluding steroid dienone is 4. The molecule has 2 aromatic rings.